The normalized spacial score (nSPS) is 10.1. The fourth-order valence-electron chi connectivity index (χ4n) is 1.92. The first kappa shape index (κ1) is 14.9. The number of aromatic nitrogens is 2. The number of benzene rings is 1. The molecule has 0 atom stereocenters. The van der Waals surface area contributed by atoms with E-state index in [9.17, 15) is 0 Å². The number of aryl methyl sites for hydroxylation is 1. The highest BCUT2D eigenvalue weighted by Crippen LogP contribution is 2.27. The summed E-state index contributed by atoms with van der Waals surface area (Å²) in [5, 5.41) is 3.24. The summed E-state index contributed by atoms with van der Waals surface area (Å²) in [6.07, 6.45) is 0. The maximum atomic E-state index is 5.29. The van der Waals surface area contributed by atoms with E-state index in [1.807, 2.05) is 25.1 Å². The summed E-state index contributed by atoms with van der Waals surface area (Å²) in [5.41, 5.74) is 1.06. The van der Waals surface area contributed by atoms with Crippen LogP contribution in [-0.4, -0.2) is 31.3 Å². The van der Waals surface area contributed by atoms with E-state index in [1.54, 1.807) is 27.4 Å². The Kier molecular flexibility index (Phi) is 4.81. The zero-order chi connectivity index (χ0) is 15.2. The number of hydrogen-bond acceptors (Lipinski definition) is 6. The lowest BCUT2D eigenvalue weighted by atomic mass is 10.2. The van der Waals surface area contributed by atoms with Crippen LogP contribution in [0.25, 0.3) is 0 Å². The molecule has 0 spiro atoms. The summed E-state index contributed by atoms with van der Waals surface area (Å²) in [7, 11) is 4.82. The molecule has 0 unspecified atom stereocenters. The molecular formula is C15H19N3O3. The Hall–Kier alpha value is -2.50. The third kappa shape index (κ3) is 3.75. The van der Waals surface area contributed by atoms with Crippen LogP contribution < -0.4 is 19.5 Å². The van der Waals surface area contributed by atoms with Crippen molar-refractivity contribution >= 4 is 5.82 Å². The summed E-state index contributed by atoms with van der Waals surface area (Å²) >= 11 is 0. The molecule has 112 valence electrons. The third-order valence-corrected chi connectivity index (χ3v) is 2.95. The molecule has 2 rings (SSSR count). The summed E-state index contributed by atoms with van der Waals surface area (Å²) < 4.78 is 15.6. The van der Waals surface area contributed by atoms with Gasteiger partial charge in [0, 0.05) is 12.6 Å². The number of nitrogens with zero attached hydrogens (tertiary/aromatic N) is 2. The Balaban J connectivity index is 2.11. The van der Waals surface area contributed by atoms with Gasteiger partial charge in [0.05, 0.1) is 21.3 Å². The fraction of sp³-hybridized carbons (Fsp3) is 0.333. The number of rotatable bonds is 6. The zero-order valence-corrected chi connectivity index (χ0v) is 12.6. The van der Waals surface area contributed by atoms with Crippen LogP contribution in [0.2, 0.25) is 0 Å². The monoisotopic (exact) mass is 289 g/mol. The SMILES string of the molecule is COc1cc(NCc2ccc(OC)c(OC)c2)nc(C)n1. The molecule has 1 aromatic carbocycles. The highest BCUT2D eigenvalue weighted by Gasteiger charge is 2.06. The first-order chi connectivity index (χ1) is 10.2. The van der Waals surface area contributed by atoms with Crippen LogP contribution >= 0.6 is 0 Å². The Labute approximate surface area is 124 Å². The fourth-order valence-corrected chi connectivity index (χ4v) is 1.92. The van der Waals surface area contributed by atoms with Gasteiger partial charge in [0.1, 0.15) is 11.6 Å². The first-order valence-electron chi connectivity index (χ1n) is 6.50. The van der Waals surface area contributed by atoms with Crippen molar-refractivity contribution in [2.45, 2.75) is 13.5 Å². The van der Waals surface area contributed by atoms with Crippen molar-refractivity contribution in [1.29, 1.82) is 0 Å². The molecule has 21 heavy (non-hydrogen) atoms. The van der Waals surface area contributed by atoms with Crippen molar-refractivity contribution < 1.29 is 14.2 Å². The predicted octanol–water partition coefficient (Wildman–Crippen LogP) is 2.42. The second-order valence-electron chi connectivity index (χ2n) is 4.39. The molecular weight excluding hydrogens is 270 g/mol. The van der Waals surface area contributed by atoms with E-state index in [0.717, 1.165) is 5.56 Å². The molecule has 1 aromatic heterocycles. The summed E-state index contributed by atoms with van der Waals surface area (Å²) in [4.78, 5) is 8.46. The van der Waals surface area contributed by atoms with Gasteiger partial charge < -0.3 is 19.5 Å². The van der Waals surface area contributed by atoms with Crippen LogP contribution in [-0.2, 0) is 6.54 Å². The quantitative estimate of drug-likeness (QED) is 0.881. The number of hydrogen-bond donors (Lipinski definition) is 1. The van der Waals surface area contributed by atoms with Crippen LogP contribution in [0.3, 0.4) is 0 Å². The van der Waals surface area contributed by atoms with Crippen molar-refractivity contribution in [2.75, 3.05) is 26.6 Å². The van der Waals surface area contributed by atoms with E-state index in [1.165, 1.54) is 0 Å². The van der Waals surface area contributed by atoms with Crippen molar-refractivity contribution in [3.8, 4) is 17.4 Å². The smallest absolute Gasteiger partial charge is 0.218 e. The van der Waals surface area contributed by atoms with E-state index in [2.05, 4.69) is 15.3 Å². The van der Waals surface area contributed by atoms with E-state index in [0.29, 0.717) is 35.6 Å². The Morgan fingerprint density at radius 3 is 2.38 bits per heavy atom. The number of ether oxygens (including phenoxy) is 3. The number of anilines is 1. The standard InChI is InChI=1S/C15H19N3O3/c1-10-17-14(8-15(18-10)21-4)16-9-11-5-6-12(19-2)13(7-11)20-3/h5-8H,9H2,1-4H3,(H,16,17,18). The van der Waals surface area contributed by atoms with Gasteiger partial charge in [0.2, 0.25) is 5.88 Å². The van der Waals surface area contributed by atoms with Gasteiger partial charge in [0.25, 0.3) is 0 Å². The molecule has 0 saturated heterocycles. The first-order valence-corrected chi connectivity index (χ1v) is 6.50. The van der Waals surface area contributed by atoms with E-state index in [-0.39, 0.29) is 0 Å². The van der Waals surface area contributed by atoms with Gasteiger partial charge in [-0.2, -0.15) is 4.98 Å². The van der Waals surface area contributed by atoms with Crippen LogP contribution in [0.4, 0.5) is 5.82 Å². The topological polar surface area (TPSA) is 65.5 Å². The van der Waals surface area contributed by atoms with E-state index >= 15 is 0 Å². The molecule has 1 heterocycles. The van der Waals surface area contributed by atoms with Crippen LogP contribution in [0.15, 0.2) is 24.3 Å². The van der Waals surface area contributed by atoms with Crippen molar-refractivity contribution in [3.05, 3.63) is 35.7 Å². The van der Waals surface area contributed by atoms with Gasteiger partial charge in [-0.15, -0.1) is 0 Å². The molecule has 6 heteroatoms. The lowest BCUT2D eigenvalue weighted by molar-refractivity contribution is 0.354. The van der Waals surface area contributed by atoms with Crippen LogP contribution in [0.1, 0.15) is 11.4 Å². The summed E-state index contributed by atoms with van der Waals surface area (Å²) in [6, 6.07) is 7.53. The van der Waals surface area contributed by atoms with Gasteiger partial charge >= 0.3 is 0 Å². The average Bonchev–Trinajstić information content (AvgIpc) is 2.52. The van der Waals surface area contributed by atoms with Gasteiger partial charge in [-0.1, -0.05) is 6.07 Å². The van der Waals surface area contributed by atoms with Gasteiger partial charge in [0.15, 0.2) is 11.5 Å². The molecule has 0 aliphatic rings. The molecule has 0 saturated carbocycles. The van der Waals surface area contributed by atoms with Crippen molar-refractivity contribution in [3.63, 3.8) is 0 Å². The Morgan fingerprint density at radius 1 is 0.952 bits per heavy atom. The lowest BCUT2D eigenvalue weighted by Crippen LogP contribution is -2.04. The van der Waals surface area contributed by atoms with Crippen molar-refractivity contribution in [2.24, 2.45) is 0 Å². The van der Waals surface area contributed by atoms with Gasteiger partial charge in [-0.25, -0.2) is 4.98 Å². The minimum Gasteiger partial charge on any atom is -0.493 e. The largest absolute Gasteiger partial charge is 0.493 e. The molecule has 2 aromatic rings. The highest BCUT2D eigenvalue weighted by atomic mass is 16.5. The third-order valence-electron chi connectivity index (χ3n) is 2.95. The summed E-state index contributed by atoms with van der Waals surface area (Å²) in [6.45, 7) is 2.43. The highest BCUT2D eigenvalue weighted by molar-refractivity contribution is 5.45. The molecule has 0 fully saturated rings. The zero-order valence-electron chi connectivity index (χ0n) is 12.6. The molecule has 0 bridgehead atoms. The Morgan fingerprint density at radius 2 is 1.71 bits per heavy atom. The molecule has 0 radical (unpaired) electrons. The Bertz CT molecular complexity index is 617. The maximum Gasteiger partial charge on any atom is 0.218 e. The number of methoxy groups -OCH3 is 3. The minimum atomic E-state index is 0.539. The van der Waals surface area contributed by atoms with E-state index in [4.69, 9.17) is 14.2 Å². The lowest BCUT2D eigenvalue weighted by Gasteiger charge is -2.11. The van der Waals surface area contributed by atoms with Gasteiger partial charge in [-0.3, -0.25) is 0 Å². The second-order valence-corrected chi connectivity index (χ2v) is 4.39. The second kappa shape index (κ2) is 6.78. The minimum absolute atomic E-state index is 0.539. The van der Waals surface area contributed by atoms with Gasteiger partial charge in [-0.05, 0) is 24.6 Å². The average molecular weight is 289 g/mol. The van der Waals surface area contributed by atoms with Crippen molar-refractivity contribution in [1.82, 2.24) is 9.97 Å². The maximum absolute atomic E-state index is 5.29. The predicted molar refractivity (Wildman–Crippen MR) is 80.2 cm³/mol. The number of nitrogens with one attached hydrogen (secondary N) is 1. The molecule has 0 aliphatic carbocycles. The van der Waals surface area contributed by atoms with E-state index < -0.39 is 0 Å². The van der Waals surface area contributed by atoms with Crippen LogP contribution in [0.5, 0.6) is 17.4 Å². The molecule has 0 amide bonds. The summed E-state index contributed by atoms with van der Waals surface area (Å²) in [5.74, 6) is 3.32. The molecule has 0 aliphatic heterocycles. The van der Waals surface area contributed by atoms with Crippen LogP contribution in [0, 0.1) is 6.92 Å². The molecule has 1 N–H and O–H groups in total. The molecule has 6 nitrogen and oxygen atoms in total.